The van der Waals surface area contributed by atoms with E-state index in [9.17, 15) is 44.4 Å². The zero-order valence-electron chi connectivity index (χ0n) is 25.1. The van der Waals surface area contributed by atoms with Crippen LogP contribution in [-0.4, -0.2) is 70.2 Å². The van der Waals surface area contributed by atoms with Gasteiger partial charge in [-0.05, 0) is 66.1 Å². The molecule has 2 saturated heterocycles. The number of ether oxygens (including phenoxy) is 1. The number of carbonyl (C=O) groups is 4. The van der Waals surface area contributed by atoms with Gasteiger partial charge in [-0.25, -0.2) is 0 Å². The maximum atomic E-state index is 14.3. The number of hydrogen-bond acceptors (Lipinski definition) is 10. The molecule has 3 aromatic carbocycles. The molecular formula is C33H30B2N2O10. The fourth-order valence-electron chi connectivity index (χ4n) is 8.09. The van der Waals surface area contributed by atoms with Gasteiger partial charge in [0.1, 0.15) is 11.5 Å². The lowest BCUT2D eigenvalue weighted by molar-refractivity contribution is -0.126. The molecule has 238 valence electrons. The van der Waals surface area contributed by atoms with Crippen LogP contribution in [0.25, 0.3) is 0 Å². The summed E-state index contributed by atoms with van der Waals surface area (Å²) in [6.07, 6.45) is 2.09. The summed E-state index contributed by atoms with van der Waals surface area (Å²) >= 11 is 0. The molecule has 6 unspecified atom stereocenters. The van der Waals surface area contributed by atoms with Gasteiger partial charge in [0.15, 0.2) is 0 Å². The van der Waals surface area contributed by atoms with Crippen LogP contribution in [-0.2, 0) is 19.2 Å². The number of benzene rings is 3. The number of allylic oxidation sites excluding steroid dienone is 2. The molecule has 0 aromatic heterocycles. The molecule has 2 aliphatic heterocycles. The van der Waals surface area contributed by atoms with Crippen molar-refractivity contribution in [1.29, 1.82) is 0 Å². The van der Waals surface area contributed by atoms with Gasteiger partial charge in [-0.15, -0.1) is 0 Å². The van der Waals surface area contributed by atoms with Gasteiger partial charge in [0.25, 0.3) is 0 Å². The quantitative estimate of drug-likeness (QED) is 0.138. The Hall–Kier alpha value is -4.75. The Morgan fingerprint density at radius 2 is 1.26 bits per heavy atom. The number of anilines is 2. The summed E-state index contributed by atoms with van der Waals surface area (Å²) < 4.78 is 5.63. The van der Waals surface area contributed by atoms with E-state index in [4.69, 9.17) is 4.74 Å². The van der Waals surface area contributed by atoms with Crippen molar-refractivity contribution in [2.75, 3.05) is 16.9 Å². The molecule has 0 radical (unpaired) electrons. The Balaban J connectivity index is 1.35. The molecule has 1 saturated carbocycles. The van der Waals surface area contributed by atoms with Crippen LogP contribution in [0.5, 0.6) is 11.5 Å². The molecule has 2 heterocycles. The number of phenolic OH excluding ortho intramolecular Hbond substituents is 1. The fraction of sp³-hybridized carbons (Fsp3) is 0.273. The first-order valence-electron chi connectivity index (χ1n) is 15.3. The maximum absolute atomic E-state index is 14.3. The second kappa shape index (κ2) is 11.5. The number of aromatic hydroxyl groups is 1. The molecule has 4 aliphatic rings. The lowest BCUT2D eigenvalue weighted by Gasteiger charge is -2.44. The molecule has 7 rings (SSSR count). The molecule has 0 bridgehead atoms. The lowest BCUT2D eigenvalue weighted by atomic mass is 9.57. The fourth-order valence-corrected chi connectivity index (χ4v) is 8.09. The highest BCUT2D eigenvalue weighted by Gasteiger charge is 2.63. The first-order valence-corrected chi connectivity index (χ1v) is 15.3. The highest BCUT2D eigenvalue weighted by atomic mass is 16.5. The van der Waals surface area contributed by atoms with Gasteiger partial charge in [0.05, 0.1) is 42.2 Å². The number of fused-ring (bicyclic) bond motifs is 4. The summed E-state index contributed by atoms with van der Waals surface area (Å²) in [6.45, 7) is 0. The molecule has 3 aromatic rings. The molecule has 14 heteroatoms. The number of amides is 4. The molecule has 2 aliphatic carbocycles. The largest absolute Gasteiger partial charge is 0.508 e. The normalized spacial score (nSPS) is 26.5. The molecule has 12 nitrogen and oxygen atoms in total. The summed E-state index contributed by atoms with van der Waals surface area (Å²) in [5.74, 6) is -7.00. The molecule has 3 fully saturated rings. The maximum Gasteiger partial charge on any atom is 0.488 e. The molecule has 6 atom stereocenters. The number of nitrogens with zero attached hydrogens (tertiary/aromatic N) is 2. The zero-order chi connectivity index (χ0) is 33.3. The van der Waals surface area contributed by atoms with Crippen LogP contribution < -0.4 is 25.5 Å². The third-order valence-corrected chi connectivity index (χ3v) is 10.1. The highest BCUT2D eigenvalue weighted by Crippen LogP contribution is 2.60. The van der Waals surface area contributed by atoms with E-state index >= 15 is 0 Å². The van der Waals surface area contributed by atoms with Crippen molar-refractivity contribution in [3.8, 4) is 11.5 Å². The minimum Gasteiger partial charge on any atom is -0.508 e. The second-order valence-electron chi connectivity index (χ2n) is 12.4. The number of imide groups is 2. The van der Waals surface area contributed by atoms with Crippen molar-refractivity contribution < 1.29 is 49.1 Å². The number of hydrogen-bond donors (Lipinski definition) is 5. The van der Waals surface area contributed by atoms with E-state index in [0.29, 0.717) is 11.1 Å². The number of rotatable bonds is 6. The molecule has 0 spiro atoms. The molecule has 4 amide bonds. The summed E-state index contributed by atoms with van der Waals surface area (Å²) in [5.41, 5.74) is 1.49. The van der Waals surface area contributed by atoms with Crippen LogP contribution >= 0.6 is 0 Å². The third kappa shape index (κ3) is 4.70. The van der Waals surface area contributed by atoms with Crippen LogP contribution in [0.15, 0.2) is 78.4 Å². The van der Waals surface area contributed by atoms with Gasteiger partial charge >= 0.3 is 14.2 Å². The smallest absolute Gasteiger partial charge is 0.488 e. The Morgan fingerprint density at radius 3 is 1.83 bits per heavy atom. The number of methoxy groups -OCH3 is 1. The van der Waals surface area contributed by atoms with Crippen molar-refractivity contribution in [3.05, 3.63) is 83.9 Å². The van der Waals surface area contributed by atoms with Gasteiger partial charge in [-0.1, -0.05) is 42.0 Å². The highest BCUT2D eigenvalue weighted by molar-refractivity contribution is 6.59. The van der Waals surface area contributed by atoms with Crippen LogP contribution in [0.3, 0.4) is 0 Å². The SMILES string of the molecule is COc1cccc(O)c1C1C2=CCC3C(=O)N(c4cccc(B(O)O)c4)C(=O)C3C2CC2C(=O)N(c3cccc(B(O)O)c3)C(=O)C21. The number of phenols is 1. The lowest BCUT2D eigenvalue weighted by Crippen LogP contribution is -2.43. The Kier molecular flexibility index (Phi) is 7.55. The van der Waals surface area contributed by atoms with Crippen molar-refractivity contribution >= 4 is 60.2 Å². The van der Waals surface area contributed by atoms with E-state index in [-0.39, 0.29) is 46.6 Å². The van der Waals surface area contributed by atoms with Gasteiger partial charge < -0.3 is 29.9 Å². The summed E-state index contributed by atoms with van der Waals surface area (Å²) in [6, 6.07) is 16.4. The number of carbonyl (C=O) groups excluding carboxylic acids is 4. The predicted octanol–water partition coefficient (Wildman–Crippen LogP) is -0.194. The van der Waals surface area contributed by atoms with E-state index in [2.05, 4.69) is 0 Å². The van der Waals surface area contributed by atoms with Crippen molar-refractivity contribution in [2.24, 2.45) is 29.6 Å². The van der Waals surface area contributed by atoms with Crippen LogP contribution in [0.4, 0.5) is 11.4 Å². The third-order valence-electron chi connectivity index (χ3n) is 10.1. The van der Waals surface area contributed by atoms with E-state index in [0.717, 1.165) is 9.80 Å². The van der Waals surface area contributed by atoms with Crippen molar-refractivity contribution in [2.45, 2.75) is 18.8 Å². The van der Waals surface area contributed by atoms with E-state index in [1.807, 2.05) is 6.08 Å². The summed E-state index contributed by atoms with van der Waals surface area (Å²) in [5, 5.41) is 50.1. The standard InChI is InChI=1S/C33H30B2N2O10/c1-47-25-10-4-9-24(38)29(25)27-20-11-12-21-26(32(41)36(30(21)39)18-7-2-5-16(13-18)34(43)44)22(20)15-23-28(27)33(42)37(31(23)40)19-8-3-6-17(14-19)35(45)46/h2-11,13-14,21-23,26-28,38,43-46H,12,15H2,1H3. The minimum absolute atomic E-state index is 0.0791. The van der Waals surface area contributed by atoms with Crippen LogP contribution in [0.2, 0.25) is 0 Å². The monoisotopic (exact) mass is 636 g/mol. The average Bonchev–Trinajstić information content (AvgIpc) is 3.47. The molecule has 47 heavy (non-hydrogen) atoms. The zero-order valence-corrected chi connectivity index (χ0v) is 25.1. The van der Waals surface area contributed by atoms with Crippen molar-refractivity contribution in [3.63, 3.8) is 0 Å². The van der Waals surface area contributed by atoms with E-state index in [1.54, 1.807) is 12.1 Å². The van der Waals surface area contributed by atoms with Gasteiger partial charge in [0.2, 0.25) is 23.6 Å². The Bertz CT molecular complexity index is 1860. The first-order chi connectivity index (χ1) is 22.5. The van der Waals surface area contributed by atoms with Gasteiger partial charge in [-0.3, -0.25) is 29.0 Å². The first kappa shape index (κ1) is 30.9. The molecular weight excluding hydrogens is 606 g/mol. The van der Waals surface area contributed by atoms with E-state index < -0.39 is 73.4 Å². The van der Waals surface area contributed by atoms with Crippen LogP contribution in [0, 0.1) is 29.6 Å². The second-order valence-corrected chi connectivity index (χ2v) is 12.4. The topological polar surface area (TPSA) is 185 Å². The van der Waals surface area contributed by atoms with Crippen LogP contribution in [0.1, 0.15) is 24.3 Å². The Labute approximate surface area is 269 Å². The van der Waals surface area contributed by atoms with E-state index in [1.165, 1.54) is 61.7 Å². The van der Waals surface area contributed by atoms with Gasteiger partial charge in [0, 0.05) is 11.5 Å². The predicted molar refractivity (Wildman–Crippen MR) is 170 cm³/mol. The Morgan fingerprint density at radius 1 is 0.702 bits per heavy atom. The van der Waals surface area contributed by atoms with Gasteiger partial charge in [-0.2, -0.15) is 0 Å². The summed E-state index contributed by atoms with van der Waals surface area (Å²) in [4.78, 5) is 58.6. The van der Waals surface area contributed by atoms with Crippen molar-refractivity contribution in [1.82, 2.24) is 0 Å². The minimum atomic E-state index is -1.83. The average molecular weight is 636 g/mol. The molecule has 5 N–H and O–H groups in total. The summed E-state index contributed by atoms with van der Waals surface area (Å²) in [7, 11) is -2.21.